The van der Waals surface area contributed by atoms with Crippen molar-refractivity contribution in [1.82, 2.24) is 9.78 Å². The van der Waals surface area contributed by atoms with E-state index >= 15 is 0 Å². The van der Waals surface area contributed by atoms with E-state index in [1.165, 1.54) is 16.7 Å². The van der Waals surface area contributed by atoms with Crippen molar-refractivity contribution in [2.45, 2.75) is 46.3 Å². The molecule has 0 aliphatic rings. The molecule has 6 heteroatoms. The van der Waals surface area contributed by atoms with Gasteiger partial charge in [-0.1, -0.05) is 50.2 Å². The minimum Gasteiger partial charge on any atom is -0.486 e. The third-order valence-corrected chi connectivity index (χ3v) is 5.80. The molecule has 0 aliphatic heterocycles. The summed E-state index contributed by atoms with van der Waals surface area (Å²) in [5.41, 5.74) is 3.68. The van der Waals surface area contributed by atoms with Crippen LogP contribution in [0.1, 0.15) is 59.2 Å². The number of rotatable bonds is 9. The first-order valence-corrected chi connectivity index (χ1v) is 11.2. The molecule has 0 saturated heterocycles. The highest BCUT2D eigenvalue weighted by molar-refractivity contribution is 6.01. The molecule has 1 unspecified atom stereocenters. The number of hydrogen-bond donors (Lipinski definition) is 1. The first kappa shape index (κ1) is 22.4. The number of furan rings is 1. The van der Waals surface area contributed by atoms with Crippen LogP contribution in [0.4, 0.5) is 5.82 Å². The molecule has 4 rings (SSSR count). The van der Waals surface area contributed by atoms with E-state index in [9.17, 15) is 4.79 Å². The maximum atomic E-state index is 12.6. The van der Waals surface area contributed by atoms with Crippen molar-refractivity contribution in [3.05, 3.63) is 101 Å². The minimum atomic E-state index is -0.347. The maximum absolute atomic E-state index is 12.6. The van der Waals surface area contributed by atoms with Gasteiger partial charge in [-0.2, -0.15) is 5.10 Å². The topological polar surface area (TPSA) is 69.3 Å². The molecule has 33 heavy (non-hydrogen) atoms. The zero-order chi connectivity index (χ0) is 23.2. The fourth-order valence-electron chi connectivity index (χ4n) is 3.52. The van der Waals surface area contributed by atoms with Gasteiger partial charge in [-0.25, -0.2) is 0 Å². The quantitative estimate of drug-likeness (QED) is 0.335. The van der Waals surface area contributed by atoms with E-state index in [1.807, 2.05) is 30.5 Å². The Morgan fingerprint density at radius 3 is 2.64 bits per heavy atom. The number of nitrogens with one attached hydrogen (secondary N) is 1. The number of nitrogens with zero attached hydrogens (tertiary/aromatic N) is 2. The smallest absolute Gasteiger partial charge is 0.292 e. The molecule has 0 spiro atoms. The molecule has 0 fully saturated rings. The van der Waals surface area contributed by atoms with Gasteiger partial charge in [0.15, 0.2) is 11.6 Å². The summed E-state index contributed by atoms with van der Waals surface area (Å²) in [5, 5.41) is 7.22. The van der Waals surface area contributed by atoms with Crippen LogP contribution in [0.3, 0.4) is 0 Å². The predicted molar refractivity (Wildman–Crippen MR) is 129 cm³/mol. The normalized spacial score (nSPS) is 11.8. The van der Waals surface area contributed by atoms with Crippen molar-refractivity contribution >= 4 is 11.7 Å². The van der Waals surface area contributed by atoms with Crippen LogP contribution in [-0.4, -0.2) is 15.7 Å². The standard InChI is InChI=1S/C27H29N3O3/c1-4-19(2)21-9-11-23(12-10-21)32-18-24-13-14-25(33-24)27(31)28-26-15-16-30(29-26)17-22-8-6-5-7-20(22)3/h5-16,19H,4,17-18H2,1-3H3,(H,28,29,31). The van der Waals surface area contributed by atoms with Gasteiger partial charge in [-0.3, -0.25) is 9.48 Å². The number of carbonyl (C=O) groups excluding carboxylic acids is 1. The van der Waals surface area contributed by atoms with Crippen molar-refractivity contribution in [2.24, 2.45) is 0 Å². The molecule has 2 heterocycles. The van der Waals surface area contributed by atoms with Crippen LogP contribution >= 0.6 is 0 Å². The number of ether oxygens (including phenoxy) is 1. The molecule has 0 aliphatic carbocycles. The Hall–Kier alpha value is -3.80. The molecule has 170 valence electrons. The van der Waals surface area contributed by atoms with Crippen LogP contribution in [0, 0.1) is 6.92 Å². The van der Waals surface area contributed by atoms with Crippen molar-refractivity contribution in [3.8, 4) is 5.75 Å². The Morgan fingerprint density at radius 2 is 1.88 bits per heavy atom. The van der Waals surface area contributed by atoms with Crippen molar-refractivity contribution in [1.29, 1.82) is 0 Å². The van der Waals surface area contributed by atoms with Crippen molar-refractivity contribution < 1.29 is 13.9 Å². The lowest BCUT2D eigenvalue weighted by molar-refractivity contribution is 0.0992. The highest BCUT2D eigenvalue weighted by Crippen LogP contribution is 2.22. The molecular weight excluding hydrogens is 414 g/mol. The minimum absolute atomic E-state index is 0.217. The molecule has 6 nitrogen and oxygen atoms in total. The second-order valence-electron chi connectivity index (χ2n) is 8.21. The molecule has 2 aromatic heterocycles. The lowest BCUT2D eigenvalue weighted by atomic mass is 9.99. The third-order valence-electron chi connectivity index (χ3n) is 5.80. The van der Waals surface area contributed by atoms with Crippen LogP contribution in [-0.2, 0) is 13.2 Å². The molecule has 1 amide bonds. The van der Waals surface area contributed by atoms with E-state index in [0.29, 0.717) is 24.0 Å². The molecular formula is C27H29N3O3. The van der Waals surface area contributed by atoms with Gasteiger partial charge < -0.3 is 14.5 Å². The molecule has 0 bridgehead atoms. The third kappa shape index (κ3) is 5.71. The molecule has 1 N–H and O–H groups in total. The summed E-state index contributed by atoms with van der Waals surface area (Å²) in [6, 6.07) is 21.4. The fourth-order valence-corrected chi connectivity index (χ4v) is 3.52. The van der Waals surface area contributed by atoms with E-state index in [4.69, 9.17) is 9.15 Å². The zero-order valence-electron chi connectivity index (χ0n) is 19.2. The van der Waals surface area contributed by atoms with Crippen molar-refractivity contribution in [3.63, 3.8) is 0 Å². The van der Waals surface area contributed by atoms with Gasteiger partial charge in [0.05, 0.1) is 6.54 Å². The Morgan fingerprint density at radius 1 is 1.09 bits per heavy atom. The fraction of sp³-hybridized carbons (Fsp3) is 0.259. The van der Waals surface area contributed by atoms with Crippen LogP contribution in [0.25, 0.3) is 0 Å². The number of hydrogen-bond acceptors (Lipinski definition) is 4. The number of carbonyl (C=O) groups is 1. The summed E-state index contributed by atoms with van der Waals surface area (Å²) in [6.07, 6.45) is 2.94. The molecule has 1 atom stereocenters. The van der Waals surface area contributed by atoms with E-state index in [1.54, 1.807) is 22.9 Å². The van der Waals surface area contributed by atoms with Gasteiger partial charge in [0, 0.05) is 12.3 Å². The number of aryl methyl sites for hydroxylation is 1. The number of amides is 1. The van der Waals surface area contributed by atoms with Gasteiger partial charge in [-0.05, 0) is 60.2 Å². The average Bonchev–Trinajstić information content (AvgIpc) is 3.49. The van der Waals surface area contributed by atoms with Crippen molar-refractivity contribution in [2.75, 3.05) is 5.32 Å². The number of aromatic nitrogens is 2. The van der Waals surface area contributed by atoms with Crippen LogP contribution in [0.2, 0.25) is 0 Å². The summed E-state index contributed by atoms with van der Waals surface area (Å²) < 4.78 is 13.3. The molecule has 4 aromatic rings. The summed E-state index contributed by atoms with van der Waals surface area (Å²) in [6.45, 7) is 7.35. The second kappa shape index (κ2) is 10.2. The number of benzene rings is 2. The van der Waals surface area contributed by atoms with Crippen LogP contribution < -0.4 is 10.1 Å². The maximum Gasteiger partial charge on any atom is 0.292 e. The average molecular weight is 444 g/mol. The van der Waals surface area contributed by atoms with Gasteiger partial charge in [0.25, 0.3) is 5.91 Å². The largest absolute Gasteiger partial charge is 0.486 e. The van der Waals surface area contributed by atoms with Gasteiger partial charge in [0.1, 0.15) is 18.1 Å². The first-order chi connectivity index (χ1) is 16.0. The van der Waals surface area contributed by atoms with Gasteiger partial charge >= 0.3 is 0 Å². The monoisotopic (exact) mass is 443 g/mol. The van der Waals surface area contributed by atoms with E-state index in [-0.39, 0.29) is 18.3 Å². The van der Waals surface area contributed by atoms with Gasteiger partial charge in [-0.15, -0.1) is 0 Å². The lowest BCUT2D eigenvalue weighted by Crippen LogP contribution is -2.12. The van der Waals surface area contributed by atoms with Crippen LogP contribution in [0.5, 0.6) is 5.75 Å². The van der Waals surface area contributed by atoms with E-state index < -0.39 is 0 Å². The molecule has 0 saturated carbocycles. The Labute approximate surface area is 194 Å². The summed E-state index contributed by atoms with van der Waals surface area (Å²) >= 11 is 0. The summed E-state index contributed by atoms with van der Waals surface area (Å²) in [5.74, 6) is 2.22. The van der Waals surface area contributed by atoms with Crippen LogP contribution in [0.15, 0.2) is 77.3 Å². The van der Waals surface area contributed by atoms with Gasteiger partial charge in [0.2, 0.25) is 0 Å². The lowest BCUT2D eigenvalue weighted by Gasteiger charge is -2.10. The zero-order valence-corrected chi connectivity index (χ0v) is 19.2. The van der Waals surface area contributed by atoms with E-state index in [0.717, 1.165) is 12.2 Å². The highest BCUT2D eigenvalue weighted by atomic mass is 16.5. The highest BCUT2D eigenvalue weighted by Gasteiger charge is 2.14. The Bertz CT molecular complexity index is 1210. The predicted octanol–water partition coefficient (Wildman–Crippen LogP) is 6.18. The Kier molecular flexibility index (Phi) is 6.93. The summed E-state index contributed by atoms with van der Waals surface area (Å²) in [7, 11) is 0. The van der Waals surface area contributed by atoms with E-state index in [2.05, 4.69) is 55.5 Å². The molecule has 2 aromatic carbocycles. The second-order valence-corrected chi connectivity index (χ2v) is 8.21. The Balaban J connectivity index is 1.31. The first-order valence-electron chi connectivity index (χ1n) is 11.2. The summed E-state index contributed by atoms with van der Waals surface area (Å²) in [4.78, 5) is 12.6. The SMILES string of the molecule is CCC(C)c1ccc(OCc2ccc(C(=O)Nc3ccn(Cc4ccccc4C)n3)o2)cc1. The number of anilines is 1. The molecule has 0 radical (unpaired) electrons.